The number of methoxy groups -OCH3 is 1. The Kier molecular flexibility index (Phi) is 3.90. The highest BCUT2D eigenvalue weighted by atomic mass is 16.5. The van der Waals surface area contributed by atoms with Gasteiger partial charge in [0.1, 0.15) is 0 Å². The molecule has 0 bridgehead atoms. The highest BCUT2D eigenvalue weighted by Crippen LogP contribution is 2.14. The summed E-state index contributed by atoms with van der Waals surface area (Å²) in [4.78, 5) is 15.1. The van der Waals surface area contributed by atoms with E-state index in [-0.39, 0.29) is 0 Å². The molecule has 18 heavy (non-hydrogen) atoms. The second-order valence-electron chi connectivity index (χ2n) is 3.55. The first kappa shape index (κ1) is 12.1. The van der Waals surface area contributed by atoms with Gasteiger partial charge in [-0.3, -0.25) is 0 Å². The third kappa shape index (κ3) is 3.07. The van der Waals surface area contributed by atoms with Crippen LogP contribution in [0.3, 0.4) is 0 Å². The Morgan fingerprint density at radius 2 is 2.17 bits per heavy atom. The van der Waals surface area contributed by atoms with E-state index < -0.39 is 6.09 Å². The highest BCUT2D eigenvalue weighted by Gasteiger charge is 2.08. The summed E-state index contributed by atoms with van der Waals surface area (Å²) in [6, 6.07) is 9.54. The zero-order chi connectivity index (χ0) is 12.8. The molecule has 1 amide bonds. The van der Waals surface area contributed by atoms with Gasteiger partial charge in [0.25, 0.3) is 0 Å². The summed E-state index contributed by atoms with van der Waals surface area (Å²) in [6.45, 7) is 0.392. The van der Waals surface area contributed by atoms with Crippen LogP contribution < -0.4 is 5.32 Å². The predicted molar refractivity (Wildman–Crippen MR) is 63.8 cm³/mol. The Balaban J connectivity index is 1.93. The first-order valence-corrected chi connectivity index (χ1v) is 5.49. The quantitative estimate of drug-likeness (QED) is 0.888. The van der Waals surface area contributed by atoms with Crippen LogP contribution in [0, 0.1) is 0 Å². The summed E-state index contributed by atoms with van der Waals surface area (Å²) >= 11 is 0. The van der Waals surface area contributed by atoms with Gasteiger partial charge in [0, 0.05) is 18.5 Å². The van der Waals surface area contributed by atoms with E-state index in [4.69, 9.17) is 4.52 Å². The lowest BCUT2D eigenvalue weighted by molar-refractivity contribution is 0.171. The molecule has 1 aromatic heterocycles. The zero-order valence-electron chi connectivity index (χ0n) is 9.92. The number of nitrogens with zero attached hydrogens (tertiary/aromatic N) is 2. The van der Waals surface area contributed by atoms with Crippen molar-refractivity contribution in [2.24, 2.45) is 0 Å². The van der Waals surface area contributed by atoms with E-state index in [0.29, 0.717) is 24.7 Å². The smallest absolute Gasteiger partial charge is 0.406 e. The fraction of sp³-hybridized carbons (Fsp3) is 0.250. The molecule has 1 aromatic carbocycles. The molecule has 0 fully saturated rings. The van der Waals surface area contributed by atoms with Gasteiger partial charge in [0.2, 0.25) is 11.7 Å². The zero-order valence-corrected chi connectivity index (χ0v) is 9.92. The van der Waals surface area contributed by atoms with Crippen molar-refractivity contribution in [1.29, 1.82) is 0 Å². The van der Waals surface area contributed by atoms with Crippen LogP contribution in [0.15, 0.2) is 34.9 Å². The summed E-state index contributed by atoms with van der Waals surface area (Å²) < 4.78 is 9.53. The molecule has 2 aromatic rings. The summed E-state index contributed by atoms with van der Waals surface area (Å²) in [5, 5.41) is 6.42. The molecule has 2 rings (SSSR count). The summed E-state index contributed by atoms with van der Waals surface area (Å²) in [7, 11) is 1.32. The van der Waals surface area contributed by atoms with Gasteiger partial charge in [-0.25, -0.2) is 4.79 Å². The lowest BCUT2D eigenvalue weighted by Crippen LogP contribution is -2.25. The molecule has 6 nitrogen and oxygen atoms in total. The largest absolute Gasteiger partial charge is 0.453 e. The van der Waals surface area contributed by atoms with Crippen LogP contribution in [-0.4, -0.2) is 29.9 Å². The average molecular weight is 247 g/mol. The topological polar surface area (TPSA) is 77.2 Å². The van der Waals surface area contributed by atoms with E-state index in [1.807, 2.05) is 30.3 Å². The molecule has 94 valence electrons. The van der Waals surface area contributed by atoms with Gasteiger partial charge in [-0.05, 0) is 0 Å². The molecule has 1 heterocycles. The number of rotatable bonds is 4. The van der Waals surface area contributed by atoms with Crippen LogP contribution in [0.1, 0.15) is 5.89 Å². The number of amides is 1. The Labute approximate surface area is 104 Å². The lowest BCUT2D eigenvalue weighted by atomic mass is 10.2. The Bertz CT molecular complexity index is 510. The van der Waals surface area contributed by atoms with Crippen molar-refractivity contribution in [1.82, 2.24) is 15.5 Å². The Hall–Kier alpha value is -2.37. The van der Waals surface area contributed by atoms with E-state index in [1.165, 1.54) is 7.11 Å². The van der Waals surface area contributed by atoms with E-state index in [0.717, 1.165) is 5.56 Å². The van der Waals surface area contributed by atoms with Crippen molar-refractivity contribution in [3.8, 4) is 11.4 Å². The minimum absolute atomic E-state index is 0.392. The van der Waals surface area contributed by atoms with Gasteiger partial charge < -0.3 is 14.6 Å². The van der Waals surface area contributed by atoms with Crippen LogP contribution in [0.4, 0.5) is 4.79 Å². The molecule has 0 aliphatic carbocycles. The van der Waals surface area contributed by atoms with Gasteiger partial charge in [-0.2, -0.15) is 4.98 Å². The van der Waals surface area contributed by atoms with Crippen molar-refractivity contribution < 1.29 is 14.1 Å². The van der Waals surface area contributed by atoms with Gasteiger partial charge >= 0.3 is 6.09 Å². The molecule has 1 N–H and O–H groups in total. The molecule has 0 atom stereocenters. The lowest BCUT2D eigenvalue weighted by Gasteiger charge is -1.99. The van der Waals surface area contributed by atoms with Crippen molar-refractivity contribution in [2.45, 2.75) is 6.42 Å². The third-order valence-corrected chi connectivity index (χ3v) is 2.29. The molecule has 0 saturated heterocycles. The Morgan fingerprint density at radius 3 is 2.89 bits per heavy atom. The Morgan fingerprint density at radius 1 is 1.39 bits per heavy atom. The number of ether oxygens (including phenoxy) is 1. The summed E-state index contributed by atoms with van der Waals surface area (Å²) in [6.07, 6.45) is -0.00706. The van der Waals surface area contributed by atoms with Crippen molar-refractivity contribution in [3.63, 3.8) is 0 Å². The van der Waals surface area contributed by atoms with Crippen molar-refractivity contribution in [2.75, 3.05) is 13.7 Å². The summed E-state index contributed by atoms with van der Waals surface area (Å²) in [5.74, 6) is 1.02. The van der Waals surface area contributed by atoms with E-state index >= 15 is 0 Å². The third-order valence-electron chi connectivity index (χ3n) is 2.29. The number of alkyl carbamates (subject to hydrolysis) is 1. The van der Waals surface area contributed by atoms with Crippen LogP contribution in [-0.2, 0) is 11.2 Å². The number of aromatic nitrogens is 2. The number of hydrogen-bond donors (Lipinski definition) is 1. The minimum Gasteiger partial charge on any atom is -0.453 e. The van der Waals surface area contributed by atoms with Gasteiger partial charge in [0.05, 0.1) is 7.11 Å². The maximum absolute atomic E-state index is 10.8. The molecular formula is C12H13N3O3. The van der Waals surface area contributed by atoms with E-state index in [1.54, 1.807) is 0 Å². The van der Waals surface area contributed by atoms with Gasteiger partial charge in [0.15, 0.2) is 0 Å². The molecule has 0 saturated carbocycles. The van der Waals surface area contributed by atoms with E-state index in [2.05, 4.69) is 20.2 Å². The van der Waals surface area contributed by atoms with Crippen LogP contribution in [0.5, 0.6) is 0 Å². The second kappa shape index (κ2) is 5.81. The van der Waals surface area contributed by atoms with Crippen molar-refractivity contribution in [3.05, 3.63) is 36.2 Å². The molecular weight excluding hydrogens is 234 g/mol. The van der Waals surface area contributed by atoms with Crippen molar-refractivity contribution >= 4 is 6.09 Å². The maximum atomic E-state index is 10.8. The van der Waals surface area contributed by atoms with E-state index in [9.17, 15) is 4.79 Å². The first-order chi connectivity index (χ1) is 8.79. The number of hydrogen-bond acceptors (Lipinski definition) is 5. The minimum atomic E-state index is -0.474. The standard InChI is InChI=1S/C12H13N3O3/c1-17-12(16)13-8-7-10-14-11(15-18-10)9-5-3-2-4-6-9/h2-6H,7-8H2,1H3,(H,13,16). The SMILES string of the molecule is COC(=O)NCCc1nc(-c2ccccc2)no1. The number of carbonyl (C=O) groups excluding carboxylic acids is 1. The summed E-state index contributed by atoms with van der Waals surface area (Å²) in [5.41, 5.74) is 0.897. The van der Waals surface area contributed by atoms with Crippen LogP contribution in [0.25, 0.3) is 11.4 Å². The monoisotopic (exact) mass is 247 g/mol. The average Bonchev–Trinajstić information content (AvgIpc) is 2.88. The molecule has 0 aliphatic heterocycles. The predicted octanol–water partition coefficient (Wildman–Crippen LogP) is 1.64. The molecule has 0 radical (unpaired) electrons. The van der Waals surface area contributed by atoms with Gasteiger partial charge in [-0.15, -0.1) is 0 Å². The highest BCUT2D eigenvalue weighted by molar-refractivity contribution is 5.66. The van der Waals surface area contributed by atoms with Gasteiger partial charge in [-0.1, -0.05) is 35.5 Å². The number of benzene rings is 1. The fourth-order valence-electron chi connectivity index (χ4n) is 1.40. The molecule has 0 aliphatic rings. The fourth-order valence-corrected chi connectivity index (χ4v) is 1.40. The normalized spacial score (nSPS) is 10.1. The van der Waals surface area contributed by atoms with Crippen LogP contribution >= 0.6 is 0 Å². The molecule has 0 spiro atoms. The molecule has 0 unspecified atom stereocenters. The maximum Gasteiger partial charge on any atom is 0.406 e. The number of nitrogens with one attached hydrogen (secondary N) is 1. The number of carbonyl (C=O) groups is 1. The second-order valence-corrected chi connectivity index (χ2v) is 3.55. The van der Waals surface area contributed by atoms with Crippen LogP contribution in [0.2, 0.25) is 0 Å². The molecule has 6 heteroatoms. The first-order valence-electron chi connectivity index (χ1n) is 5.49.